The molecule has 1 amide bonds. The topological polar surface area (TPSA) is 78.4 Å². The summed E-state index contributed by atoms with van der Waals surface area (Å²) in [5.74, 6) is -1.30. The zero-order chi connectivity index (χ0) is 11.3. The van der Waals surface area contributed by atoms with E-state index in [2.05, 4.69) is 10.6 Å². The lowest BCUT2D eigenvalue weighted by Crippen LogP contribution is -2.48. The zero-order valence-electron chi connectivity index (χ0n) is 8.95. The van der Waals surface area contributed by atoms with Gasteiger partial charge in [-0.1, -0.05) is 12.8 Å². The van der Waals surface area contributed by atoms with E-state index in [9.17, 15) is 9.59 Å². The third-order valence-corrected chi connectivity index (χ3v) is 2.64. The number of hydrogen-bond donors (Lipinski definition) is 3. The van der Waals surface area contributed by atoms with Gasteiger partial charge < -0.3 is 15.7 Å². The van der Waals surface area contributed by atoms with Crippen LogP contribution in [0.15, 0.2) is 0 Å². The van der Waals surface area contributed by atoms with Crippen molar-refractivity contribution in [1.29, 1.82) is 0 Å². The number of carbonyl (C=O) groups is 2. The van der Waals surface area contributed by atoms with Crippen molar-refractivity contribution in [2.24, 2.45) is 0 Å². The Morgan fingerprint density at radius 1 is 1.40 bits per heavy atom. The van der Waals surface area contributed by atoms with Gasteiger partial charge in [0.25, 0.3) is 0 Å². The first-order chi connectivity index (χ1) is 7.09. The van der Waals surface area contributed by atoms with Crippen LogP contribution >= 0.6 is 0 Å². The van der Waals surface area contributed by atoms with Gasteiger partial charge in [0, 0.05) is 19.5 Å². The summed E-state index contributed by atoms with van der Waals surface area (Å²) in [5.41, 5.74) is 0. The molecular formula is C10H18N2O3. The third-order valence-electron chi connectivity index (χ3n) is 2.64. The predicted octanol–water partition coefficient (Wildman–Crippen LogP) is 0.108. The molecule has 1 aliphatic rings. The maximum Gasteiger partial charge on any atom is 0.327 e. The van der Waals surface area contributed by atoms with Crippen molar-refractivity contribution in [1.82, 2.24) is 10.6 Å². The summed E-state index contributed by atoms with van der Waals surface area (Å²) in [6.45, 7) is 1.63. The van der Waals surface area contributed by atoms with E-state index in [-0.39, 0.29) is 5.91 Å². The fourth-order valence-corrected chi connectivity index (χ4v) is 1.86. The van der Waals surface area contributed by atoms with E-state index in [1.165, 1.54) is 19.8 Å². The van der Waals surface area contributed by atoms with Crippen LogP contribution in [0.3, 0.4) is 0 Å². The van der Waals surface area contributed by atoms with Crippen molar-refractivity contribution < 1.29 is 14.7 Å². The Balaban J connectivity index is 2.30. The summed E-state index contributed by atoms with van der Waals surface area (Å²) in [6, 6.07) is -0.399. The van der Waals surface area contributed by atoms with Gasteiger partial charge in [-0.2, -0.15) is 0 Å². The zero-order valence-corrected chi connectivity index (χ0v) is 8.95. The first kappa shape index (κ1) is 12.0. The van der Waals surface area contributed by atoms with E-state index in [1.54, 1.807) is 0 Å². The average Bonchev–Trinajstić information content (AvgIpc) is 2.63. The van der Waals surface area contributed by atoms with Crippen molar-refractivity contribution in [3.8, 4) is 0 Å². The second kappa shape index (κ2) is 5.70. The Hall–Kier alpha value is -1.10. The monoisotopic (exact) mass is 214 g/mol. The molecule has 5 heteroatoms. The number of carbonyl (C=O) groups excluding carboxylic acids is 1. The van der Waals surface area contributed by atoms with Gasteiger partial charge >= 0.3 is 5.97 Å². The fraction of sp³-hybridized carbons (Fsp3) is 0.800. The molecule has 1 atom stereocenters. The van der Waals surface area contributed by atoms with Gasteiger partial charge in [0.15, 0.2) is 0 Å². The Morgan fingerprint density at radius 3 is 2.47 bits per heavy atom. The summed E-state index contributed by atoms with van der Waals surface area (Å²) >= 11 is 0. The highest BCUT2D eigenvalue weighted by Gasteiger charge is 2.21. The third kappa shape index (κ3) is 4.29. The quantitative estimate of drug-likeness (QED) is 0.607. The molecule has 1 unspecified atom stereocenters. The Labute approximate surface area is 89.2 Å². The highest BCUT2D eigenvalue weighted by molar-refractivity contribution is 5.82. The first-order valence-electron chi connectivity index (χ1n) is 5.33. The van der Waals surface area contributed by atoms with Gasteiger partial charge in [0.1, 0.15) is 6.04 Å². The molecule has 0 saturated heterocycles. The lowest BCUT2D eigenvalue weighted by molar-refractivity contribution is -0.141. The lowest BCUT2D eigenvalue weighted by atomic mass is 10.2. The van der Waals surface area contributed by atoms with Gasteiger partial charge in [-0.05, 0) is 12.8 Å². The molecule has 0 aromatic heterocycles. The SMILES string of the molecule is CC(=O)NC(CNC1CCCC1)C(=O)O. The minimum absolute atomic E-state index is 0.305. The van der Waals surface area contributed by atoms with Crippen molar-refractivity contribution in [2.45, 2.75) is 44.7 Å². The number of aliphatic carboxylic acids is 1. The van der Waals surface area contributed by atoms with Crippen molar-refractivity contribution in [3.05, 3.63) is 0 Å². The van der Waals surface area contributed by atoms with Crippen LogP contribution in [-0.2, 0) is 9.59 Å². The molecule has 0 spiro atoms. The largest absolute Gasteiger partial charge is 0.480 e. The second-order valence-electron chi connectivity index (χ2n) is 3.98. The number of rotatable bonds is 5. The molecule has 1 saturated carbocycles. The molecular weight excluding hydrogens is 196 g/mol. The van der Waals surface area contributed by atoms with Gasteiger partial charge in [-0.25, -0.2) is 4.79 Å². The van der Waals surface area contributed by atoms with E-state index in [0.29, 0.717) is 12.6 Å². The van der Waals surface area contributed by atoms with E-state index >= 15 is 0 Å². The number of nitrogens with one attached hydrogen (secondary N) is 2. The van der Waals surface area contributed by atoms with Crippen LogP contribution in [-0.4, -0.2) is 35.6 Å². The second-order valence-corrected chi connectivity index (χ2v) is 3.98. The maximum atomic E-state index is 10.8. The van der Waals surface area contributed by atoms with E-state index in [4.69, 9.17) is 5.11 Å². The molecule has 0 aromatic carbocycles. The lowest BCUT2D eigenvalue weighted by Gasteiger charge is -2.17. The van der Waals surface area contributed by atoms with E-state index in [0.717, 1.165) is 12.8 Å². The highest BCUT2D eigenvalue weighted by Crippen LogP contribution is 2.17. The number of carboxylic acids is 1. The molecule has 0 aliphatic heterocycles. The molecule has 1 fully saturated rings. The summed E-state index contributed by atoms with van der Waals surface area (Å²) in [4.78, 5) is 21.5. The number of amides is 1. The average molecular weight is 214 g/mol. The summed E-state index contributed by atoms with van der Waals surface area (Å²) in [7, 11) is 0. The molecule has 0 bridgehead atoms. The molecule has 5 nitrogen and oxygen atoms in total. The standard InChI is InChI=1S/C10H18N2O3/c1-7(13)12-9(10(14)15)6-11-8-4-2-3-5-8/h8-9,11H,2-6H2,1H3,(H,12,13)(H,14,15). The van der Waals surface area contributed by atoms with Crippen LogP contribution in [0, 0.1) is 0 Å². The predicted molar refractivity (Wildman–Crippen MR) is 55.5 cm³/mol. The van der Waals surface area contributed by atoms with Crippen LogP contribution in [0.25, 0.3) is 0 Å². The van der Waals surface area contributed by atoms with Crippen LogP contribution in [0.2, 0.25) is 0 Å². The summed E-state index contributed by atoms with van der Waals surface area (Å²) in [6.07, 6.45) is 4.61. The Kier molecular flexibility index (Phi) is 4.55. The molecule has 15 heavy (non-hydrogen) atoms. The summed E-state index contributed by atoms with van der Waals surface area (Å²) in [5, 5.41) is 14.4. The fourth-order valence-electron chi connectivity index (χ4n) is 1.86. The molecule has 1 rings (SSSR count). The number of carboxylic acid groups (broad SMARTS) is 1. The molecule has 0 heterocycles. The van der Waals surface area contributed by atoms with Crippen LogP contribution < -0.4 is 10.6 Å². The van der Waals surface area contributed by atoms with Gasteiger partial charge in [0.2, 0.25) is 5.91 Å². The molecule has 3 N–H and O–H groups in total. The minimum Gasteiger partial charge on any atom is -0.480 e. The molecule has 1 aliphatic carbocycles. The van der Waals surface area contributed by atoms with Crippen LogP contribution in [0.4, 0.5) is 0 Å². The highest BCUT2D eigenvalue weighted by atomic mass is 16.4. The Morgan fingerprint density at radius 2 is 2.00 bits per heavy atom. The molecule has 0 radical (unpaired) electrons. The van der Waals surface area contributed by atoms with Crippen molar-refractivity contribution >= 4 is 11.9 Å². The maximum absolute atomic E-state index is 10.8. The summed E-state index contributed by atoms with van der Waals surface area (Å²) < 4.78 is 0. The van der Waals surface area contributed by atoms with Gasteiger partial charge in [-0.15, -0.1) is 0 Å². The van der Waals surface area contributed by atoms with E-state index < -0.39 is 12.0 Å². The van der Waals surface area contributed by atoms with E-state index in [1.807, 2.05) is 0 Å². The smallest absolute Gasteiger partial charge is 0.327 e. The van der Waals surface area contributed by atoms with Gasteiger partial charge in [-0.3, -0.25) is 4.79 Å². The Bertz CT molecular complexity index is 237. The molecule has 0 aromatic rings. The van der Waals surface area contributed by atoms with Crippen LogP contribution in [0.1, 0.15) is 32.6 Å². The first-order valence-corrected chi connectivity index (χ1v) is 5.33. The van der Waals surface area contributed by atoms with Gasteiger partial charge in [0.05, 0.1) is 0 Å². The van der Waals surface area contributed by atoms with Crippen molar-refractivity contribution in [3.63, 3.8) is 0 Å². The molecule has 86 valence electrons. The van der Waals surface area contributed by atoms with Crippen molar-refractivity contribution in [2.75, 3.05) is 6.54 Å². The minimum atomic E-state index is -0.990. The normalized spacial score (nSPS) is 18.7. The van der Waals surface area contributed by atoms with Crippen LogP contribution in [0.5, 0.6) is 0 Å². The number of hydrogen-bond acceptors (Lipinski definition) is 3.